The molecule has 0 saturated heterocycles. The van der Waals surface area contributed by atoms with Crippen molar-refractivity contribution in [2.75, 3.05) is 26.3 Å². The van der Waals surface area contributed by atoms with Crippen molar-refractivity contribution in [3.8, 4) is 0 Å². The van der Waals surface area contributed by atoms with Crippen molar-refractivity contribution in [3.05, 3.63) is 0 Å². The minimum absolute atomic E-state index is 0.221. The van der Waals surface area contributed by atoms with Gasteiger partial charge in [0.1, 0.15) is 0 Å². The van der Waals surface area contributed by atoms with Crippen LogP contribution in [0.5, 0.6) is 0 Å². The molecule has 0 bridgehead atoms. The molecule has 0 aromatic carbocycles. The Kier molecular flexibility index (Phi) is 6.88. The van der Waals surface area contributed by atoms with E-state index in [0.29, 0.717) is 13.1 Å². The summed E-state index contributed by atoms with van der Waals surface area (Å²) in [6.07, 6.45) is 0. The Balaban J connectivity index is 3.00. The van der Waals surface area contributed by atoms with Crippen LogP contribution in [0.4, 0.5) is 0 Å². The molecule has 0 heterocycles. The molecule has 0 saturated carbocycles. The second-order valence-electron chi connectivity index (χ2n) is 1.61. The molecule has 0 aromatic rings. The van der Waals surface area contributed by atoms with Crippen molar-refractivity contribution < 1.29 is 14.3 Å². The lowest BCUT2D eigenvalue weighted by Crippen LogP contribution is -2.40. The van der Waals surface area contributed by atoms with Gasteiger partial charge in [-0.1, -0.05) is 0 Å². The van der Waals surface area contributed by atoms with E-state index < -0.39 is 7.32 Å². The van der Waals surface area contributed by atoms with Crippen LogP contribution in [0.15, 0.2) is 0 Å². The second-order valence-corrected chi connectivity index (χ2v) is 1.61. The lowest BCUT2D eigenvalue weighted by atomic mass is 10.2. The first-order chi connectivity index (χ1) is 4.81. The van der Waals surface area contributed by atoms with E-state index in [2.05, 4.69) is 9.31 Å². The summed E-state index contributed by atoms with van der Waals surface area (Å²) in [5, 5.41) is 10.5. The first-order valence-corrected chi connectivity index (χ1v) is 3.10. The van der Waals surface area contributed by atoms with Crippen molar-refractivity contribution in [1.82, 2.24) is 0 Å². The SMILES string of the molecule is NCCOB([O-])OCCN. The van der Waals surface area contributed by atoms with Crippen LogP contribution in [0.1, 0.15) is 0 Å². The van der Waals surface area contributed by atoms with Crippen molar-refractivity contribution in [3.63, 3.8) is 0 Å². The van der Waals surface area contributed by atoms with Crippen LogP contribution >= 0.6 is 0 Å². The van der Waals surface area contributed by atoms with Crippen molar-refractivity contribution >= 4 is 7.32 Å². The van der Waals surface area contributed by atoms with E-state index in [0.717, 1.165) is 0 Å². The molecule has 0 spiro atoms. The van der Waals surface area contributed by atoms with E-state index in [4.69, 9.17) is 11.5 Å². The van der Waals surface area contributed by atoms with Crippen molar-refractivity contribution in [1.29, 1.82) is 0 Å². The highest BCUT2D eigenvalue weighted by molar-refractivity contribution is 6.32. The molecule has 6 heteroatoms. The molecule has 0 unspecified atom stereocenters. The third-order valence-corrected chi connectivity index (χ3v) is 0.744. The van der Waals surface area contributed by atoms with Crippen molar-refractivity contribution in [2.45, 2.75) is 0 Å². The van der Waals surface area contributed by atoms with Crippen LogP contribution in [0.3, 0.4) is 0 Å². The number of hydrogen-bond acceptors (Lipinski definition) is 5. The Hall–Kier alpha value is -0.135. The Morgan fingerprint density at radius 2 is 1.50 bits per heavy atom. The summed E-state index contributed by atoms with van der Waals surface area (Å²) in [7, 11) is -1.44. The van der Waals surface area contributed by atoms with Crippen LogP contribution in [-0.2, 0) is 9.31 Å². The third-order valence-electron chi connectivity index (χ3n) is 0.744. The Bertz CT molecular complexity index is 67.5. The molecule has 60 valence electrons. The highest BCUT2D eigenvalue weighted by atomic mass is 16.7. The lowest BCUT2D eigenvalue weighted by Gasteiger charge is -2.17. The molecule has 0 atom stereocenters. The molecule has 0 aliphatic carbocycles. The van der Waals surface area contributed by atoms with E-state index in [1.807, 2.05) is 0 Å². The average molecular weight is 147 g/mol. The number of rotatable bonds is 6. The molecule has 10 heavy (non-hydrogen) atoms. The van der Waals surface area contributed by atoms with Gasteiger partial charge in [-0.15, -0.1) is 0 Å². The van der Waals surface area contributed by atoms with Gasteiger partial charge in [-0.2, -0.15) is 0 Å². The summed E-state index contributed by atoms with van der Waals surface area (Å²) in [5.41, 5.74) is 10.1. The largest absolute Gasteiger partial charge is 0.832 e. The monoisotopic (exact) mass is 147 g/mol. The molecule has 0 rings (SSSR count). The molecule has 5 nitrogen and oxygen atoms in total. The van der Waals surface area contributed by atoms with E-state index in [-0.39, 0.29) is 13.2 Å². The molecule has 0 fully saturated rings. The van der Waals surface area contributed by atoms with Gasteiger partial charge in [0, 0.05) is 26.3 Å². The van der Waals surface area contributed by atoms with E-state index in [1.54, 1.807) is 0 Å². The first-order valence-electron chi connectivity index (χ1n) is 3.10. The number of nitrogens with two attached hydrogens (primary N) is 2. The predicted molar refractivity (Wildman–Crippen MR) is 35.8 cm³/mol. The maximum atomic E-state index is 10.5. The zero-order valence-electron chi connectivity index (χ0n) is 5.79. The summed E-state index contributed by atoms with van der Waals surface area (Å²) in [6.45, 7) is 1.09. The molecular weight excluding hydrogens is 135 g/mol. The average Bonchev–Trinajstić information content (AvgIpc) is 1.97. The Labute approximate surface area is 60.5 Å². The van der Waals surface area contributed by atoms with Gasteiger partial charge in [0.05, 0.1) is 0 Å². The minimum Gasteiger partial charge on any atom is -0.832 e. The van der Waals surface area contributed by atoms with Gasteiger partial charge in [-0.3, -0.25) is 0 Å². The summed E-state index contributed by atoms with van der Waals surface area (Å²) >= 11 is 0. The Morgan fingerprint density at radius 3 is 1.80 bits per heavy atom. The normalized spacial score (nSPS) is 9.90. The molecule has 0 aromatic heterocycles. The molecule has 0 aliphatic rings. The molecule has 0 radical (unpaired) electrons. The number of hydrogen-bond donors (Lipinski definition) is 2. The maximum absolute atomic E-state index is 10.5. The van der Waals surface area contributed by atoms with Gasteiger partial charge in [0.15, 0.2) is 0 Å². The van der Waals surface area contributed by atoms with Gasteiger partial charge >= 0.3 is 7.32 Å². The van der Waals surface area contributed by atoms with Crippen molar-refractivity contribution in [2.24, 2.45) is 11.5 Å². The maximum Gasteiger partial charge on any atom is 0.345 e. The Morgan fingerprint density at radius 1 is 1.10 bits per heavy atom. The van der Waals surface area contributed by atoms with Crippen LogP contribution in [0, 0.1) is 0 Å². The van der Waals surface area contributed by atoms with Crippen LogP contribution in [-0.4, -0.2) is 33.6 Å². The fourth-order valence-electron chi connectivity index (χ4n) is 0.377. The second kappa shape index (κ2) is 6.98. The quantitative estimate of drug-likeness (QED) is 0.398. The summed E-state index contributed by atoms with van der Waals surface area (Å²) in [5.74, 6) is 0. The van der Waals surface area contributed by atoms with Gasteiger partial charge in [-0.25, -0.2) is 0 Å². The standard InChI is InChI=1S/C4H12BN2O3/c6-1-3-9-5(8)10-4-2-7/h1-4,6-7H2/q-1. The fraction of sp³-hybridized carbons (Fsp3) is 1.00. The summed E-state index contributed by atoms with van der Waals surface area (Å²) < 4.78 is 9.07. The first kappa shape index (κ1) is 9.86. The van der Waals surface area contributed by atoms with Crippen LogP contribution in [0.2, 0.25) is 0 Å². The smallest absolute Gasteiger partial charge is 0.345 e. The van der Waals surface area contributed by atoms with Gasteiger partial charge in [0.2, 0.25) is 0 Å². The molecule has 0 amide bonds. The minimum atomic E-state index is -1.44. The van der Waals surface area contributed by atoms with E-state index in [1.165, 1.54) is 0 Å². The third kappa shape index (κ3) is 5.99. The zero-order valence-corrected chi connectivity index (χ0v) is 5.79. The van der Waals surface area contributed by atoms with Crippen LogP contribution in [0.25, 0.3) is 0 Å². The molecule has 0 aliphatic heterocycles. The lowest BCUT2D eigenvalue weighted by molar-refractivity contribution is -0.254. The van der Waals surface area contributed by atoms with Gasteiger partial charge in [-0.05, 0) is 0 Å². The topological polar surface area (TPSA) is 93.6 Å². The van der Waals surface area contributed by atoms with E-state index >= 15 is 0 Å². The van der Waals surface area contributed by atoms with E-state index in [9.17, 15) is 5.02 Å². The molecule has 4 N–H and O–H groups in total. The van der Waals surface area contributed by atoms with Crippen LogP contribution < -0.4 is 16.5 Å². The zero-order chi connectivity index (χ0) is 7.82. The molecular formula is C4H12BN2O3-. The summed E-state index contributed by atoms with van der Waals surface area (Å²) in [6, 6.07) is 0. The van der Waals surface area contributed by atoms with Gasteiger partial charge < -0.3 is 25.8 Å². The fourth-order valence-corrected chi connectivity index (χ4v) is 0.377. The highest BCUT2D eigenvalue weighted by Crippen LogP contribution is 1.78. The highest BCUT2D eigenvalue weighted by Gasteiger charge is 1.97. The predicted octanol–water partition coefficient (Wildman–Crippen LogP) is -2.72. The summed E-state index contributed by atoms with van der Waals surface area (Å²) in [4.78, 5) is 0. The van der Waals surface area contributed by atoms with Gasteiger partial charge in [0.25, 0.3) is 0 Å².